The van der Waals surface area contributed by atoms with Crippen LogP contribution in [0.4, 0.5) is 5.82 Å². The molecule has 0 saturated heterocycles. The molecule has 5 heteroatoms. The number of benzene rings is 1. The highest BCUT2D eigenvalue weighted by Crippen LogP contribution is 2.16. The number of fused-ring (bicyclic) bond motifs is 1. The van der Waals surface area contributed by atoms with Gasteiger partial charge in [0.05, 0.1) is 11.0 Å². The minimum atomic E-state index is -0.555. The smallest absolute Gasteiger partial charge is 0.297 e. The van der Waals surface area contributed by atoms with Crippen LogP contribution in [-0.2, 0) is 0 Å². The Morgan fingerprint density at radius 2 is 1.93 bits per heavy atom. The number of hydrogen-bond donors (Lipinski definition) is 1. The van der Waals surface area contributed by atoms with Crippen LogP contribution in [0.25, 0.3) is 11.0 Å². The second-order valence-electron chi connectivity index (χ2n) is 3.43. The minimum Gasteiger partial charge on any atom is -0.317 e. The van der Waals surface area contributed by atoms with Gasteiger partial charge in [0.2, 0.25) is 0 Å². The lowest BCUT2D eigenvalue weighted by molar-refractivity contribution is 1.17. The van der Waals surface area contributed by atoms with Gasteiger partial charge in [0, 0.05) is 0 Å². The van der Waals surface area contributed by atoms with Crippen molar-refractivity contribution in [2.45, 2.75) is 13.8 Å². The van der Waals surface area contributed by atoms with Gasteiger partial charge in [0.25, 0.3) is 11.4 Å². The van der Waals surface area contributed by atoms with Crippen molar-refractivity contribution in [3.8, 4) is 0 Å². The fourth-order valence-electron chi connectivity index (χ4n) is 1.40. The highest BCUT2D eigenvalue weighted by atomic mass is 16.3. The van der Waals surface area contributed by atoms with Crippen LogP contribution in [0.1, 0.15) is 11.1 Å². The highest BCUT2D eigenvalue weighted by Gasteiger charge is 2.05. The van der Waals surface area contributed by atoms with Gasteiger partial charge in [0.15, 0.2) is 0 Å². The first kappa shape index (κ1) is 9.51. The molecule has 1 heterocycles. The third kappa shape index (κ3) is 1.52. The van der Waals surface area contributed by atoms with Crippen LogP contribution in [0.2, 0.25) is 0 Å². The Morgan fingerprint density at radius 3 is 2.60 bits per heavy atom. The second kappa shape index (κ2) is 3.27. The Hall–Kier alpha value is -2.04. The van der Waals surface area contributed by atoms with Crippen LogP contribution >= 0.6 is 0 Å². The van der Waals surface area contributed by atoms with Crippen LogP contribution in [0, 0.1) is 18.8 Å². The molecule has 0 aliphatic heterocycles. The molecule has 0 radical (unpaired) electrons. The number of nitroso groups, excluding NO2 is 1. The lowest BCUT2D eigenvalue weighted by Gasteiger charge is -2.02. The van der Waals surface area contributed by atoms with Crippen molar-refractivity contribution in [2.75, 3.05) is 0 Å². The average molecular weight is 203 g/mol. The number of rotatable bonds is 1. The van der Waals surface area contributed by atoms with Crippen molar-refractivity contribution in [1.29, 1.82) is 0 Å². The molecule has 15 heavy (non-hydrogen) atoms. The number of aromatic nitrogens is 2. The Labute approximate surface area is 85.1 Å². The van der Waals surface area contributed by atoms with E-state index < -0.39 is 5.56 Å². The number of H-pyrrole nitrogens is 1. The van der Waals surface area contributed by atoms with Crippen molar-refractivity contribution in [1.82, 2.24) is 9.97 Å². The van der Waals surface area contributed by atoms with Gasteiger partial charge in [-0.1, -0.05) is 0 Å². The number of aromatic amines is 1. The molecule has 0 fully saturated rings. The Morgan fingerprint density at radius 1 is 1.27 bits per heavy atom. The summed E-state index contributed by atoms with van der Waals surface area (Å²) in [7, 11) is 0. The van der Waals surface area contributed by atoms with Crippen molar-refractivity contribution in [3.05, 3.63) is 38.5 Å². The molecule has 0 unspecified atom stereocenters. The molecule has 0 aliphatic rings. The van der Waals surface area contributed by atoms with E-state index >= 15 is 0 Å². The van der Waals surface area contributed by atoms with E-state index in [1.54, 1.807) is 0 Å². The first-order valence-electron chi connectivity index (χ1n) is 4.46. The predicted molar refractivity (Wildman–Crippen MR) is 57.3 cm³/mol. The maximum absolute atomic E-state index is 11.2. The van der Waals surface area contributed by atoms with Gasteiger partial charge in [-0.05, 0) is 42.3 Å². The van der Waals surface area contributed by atoms with E-state index in [1.807, 2.05) is 26.0 Å². The molecule has 0 spiro atoms. The summed E-state index contributed by atoms with van der Waals surface area (Å²) in [6.45, 7) is 3.88. The summed E-state index contributed by atoms with van der Waals surface area (Å²) in [5.74, 6) is -0.328. The summed E-state index contributed by atoms with van der Waals surface area (Å²) in [6, 6.07) is 3.64. The van der Waals surface area contributed by atoms with Gasteiger partial charge in [0.1, 0.15) is 0 Å². The second-order valence-corrected chi connectivity index (χ2v) is 3.43. The zero-order chi connectivity index (χ0) is 11.0. The topological polar surface area (TPSA) is 75.2 Å². The number of aryl methyl sites for hydroxylation is 2. The molecular weight excluding hydrogens is 194 g/mol. The van der Waals surface area contributed by atoms with Crippen molar-refractivity contribution in [2.24, 2.45) is 5.18 Å². The van der Waals surface area contributed by atoms with E-state index in [4.69, 9.17) is 0 Å². The predicted octanol–water partition coefficient (Wildman–Crippen LogP) is 1.94. The first-order chi connectivity index (χ1) is 7.11. The standard InChI is InChI=1S/C10H9N3O2/c1-5-3-7-8(4-6(5)2)12-10(14)9(11-7)13-15/h3-4H,1-2H3,(H,12,14). The number of nitrogens with zero attached hydrogens (tertiary/aromatic N) is 2. The van der Waals surface area contributed by atoms with Gasteiger partial charge in [-0.2, -0.15) is 0 Å². The molecule has 0 bridgehead atoms. The average Bonchev–Trinajstić information content (AvgIpc) is 2.20. The Bertz CT molecular complexity index is 601. The van der Waals surface area contributed by atoms with Gasteiger partial charge in [-0.15, -0.1) is 4.91 Å². The first-order valence-corrected chi connectivity index (χ1v) is 4.46. The molecule has 5 nitrogen and oxygen atoms in total. The normalized spacial score (nSPS) is 10.5. The van der Waals surface area contributed by atoms with Gasteiger partial charge >= 0.3 is 0 Å². The molecule has 0 amide bonds. The van der Waals surface area contributed by atoms with E-state index in [0.29, 0.717) is 11.0 Å². The summed E-state index contributed by atoms with van der Waals surface area (Å²) in [5, 5.41) is 2.57. The van der Waals surface area contributed by atoms with Crippen LogP contribution < -0.4 is 5.56 Å². The summed E-state index contributed by atoms with van der Waals surface area (Å²) in [4.78, 5) is 28.0. The molecule has 76 valence electrons. The summed E-state index contributed by atoms with van der Waals surface area (Å²) in [6.07, 6.45) is 0. The summed E-state index contributed by atoms with van der Waals surface area (Å²) in [5.41, 5.74) is 2.76. The van der Waals surface area contributed by atoms with E-state index in [1.165, 1.54) is 0 Å². The zero-order valence-corrected chi connectivity index (χ0v) is 8.37. The lowest BCUT2D eigenvalue weighted by Crippen LogP contribution is -2.07. The Balaban J connectivity index is 2.88. The zero-order valence-electron chi connectivity index (χ0n) is 8.37. The van der Waals surface area contributed by atoms with E-state index in [9.17, 15) is 9.70 Å². The van der Waals surface area contributed by atoms with Crippen LogP contribution in [0.15, 0.2) is 22.1 Å². The fourth-order valence-corrected chi connectivity index (χ4v) is 1.40. The van der Waals surface area contributed by atoms with E-state index in [-0.39, 0.29) is 5.82 Å². The molecule has 1 aromatic heterocycles. The van der Waals surface area contributed by atoms with Crippen LogP contribution in [0.5, 0.6) is 0 Å². The third-order valence-electron chi connectivity index (χ3n) is 2.38. The molecule has 0 aliphatic carbocycles. The van der Waals surface area contributed by atoms with E-state index in [0.717, 1.165) is 11.1 Å². The van der Waals surface area contributed by atoms with Crippen molar-refractivity contribution in [3.63, 3.8) is 0 Å². The maximum atomic E-state index is 11.2. The number of nitrogens with one attached hydrogen (secondary N) is 1. The molecule has 0 atom stereocenters. The summed E-state index contributed by atoms with van der Waals surface area (Å²) >= 11 is 0. The SMILES string of the molecule is Cc1cc2nc(N=O)c(=O)[nH]c2cc1C. The van der Waals surface area contributed by atoms with Crippen molar-refractivity contribution >= 4 is 16.9 Å². The molecule has 0 saturated carbocycles. The fraction of sp³-hybridized carbons (Fsp3) is 0.200. The minimum absolute atomic E-state index is 0.328. The van der Waals surface area contributed by atoms with Crippen molar-refractivity contribution < 1.29 is 0 Å². The molecule has 1 N–H and O–H groups in total. The highest BCUT2D eigenvalue weighted by molar-refractivity contribution is 5.77. The van der Waals surface area contributed by atoms with E-state index in [2.05, 4.69) is 15.1 Å². The molecule has 1 aromatic carbocycles. The van der Waals surface area contributed by atoms with Gasteiger partial charge in [-0.25, -0.2) is 4.98 Å². The van der Waals surface area contributed by atoms with Gasteiger partial charge < -0.3 is 4.98 Å². The number of hydrogen-bond acceptors (Lipinski definition) is 4. The lowest BCUT2D eigenvalue weighted by atomic mass is 10.1. The van der Waals surface area contributed by atoms with Crippen LogP contribution in [-0.4, -0.2) is 9.97 Å². The third-order valence-corrected chi connectivity index (χ3v) is 2.38. The largest absolute Gasteiger partial charge is 0.317 e. The maximum Gasteiger partial charge on any atom is 0.297 e. The van der Waals surface area contributed by atoms with Gasteiger partial charge in [-0.3, -0.25) is 4.79 Å². The quantitative estimate of drug-likeness (QED) is 0.719. The molecule has 2 rings (SSSR count). The Kier molecular flexibility index (Phi) is 2.07. The molecular formula is C10H9N3O2. The monoisotopic (exact) mass is 203 g/mol. The van der Waals surface area contributed by atoms with Crippen LogP contribution in [0.3, 0.4) is 0 Å². The molecule has 2 aromatic rings. The summed E-state index contributed by atoms with van der Waals surface area (Å²) < 4.78 is 0.